The summed E-state index contributed by atoms with van der Waals surface area (Å²) >= 11 is 1.35. The second-order valence-electron chi connectivity index (χ2n) is 6.52. The third-order valence-electron chi connectivity index (χ3n) is 4.52. The lowest BCUT2D eigenvalue weighted by atomic mass is 9.90. The van der Waals surface area contributed by atoms with Crippen molar-refractivity contribution in [2.45, 2.75) is 45.4 Å². The van der Waals surface area contributed by atoms with E-state index in [2.05, 4.69) is 11.1 Å². The minimum absolute atomic E-state index is 0.00678. The maximum Gasteiger partial charge on any atom is 0.122 e. The quantitative estimate of drug-likeness (QED) is 0.806. The summed E-state index contributed by atoms with van der Waals surface area (Å²) < 4.78 is 6.11. The van der Waals surface area contributed by atoms with Gasteiger partial charge in [0.15, 0.2) is 0 Å². The molecular formula is C19H22NO3S-. The topological polar surface area (TPSA) is 62.2 Å². The Labute approximate surface area is 146 Å². The average molecular weight is 344 g/mol. The highest BCUT2D eigenvalue weighted by Crippen LogP contribution is 2.28. The van der Waals surface area contributed by atoms with E-state index in [1.165, 1.54) is 48.8 Å². The van der Waals surface area contributed by atoms with Gasteiger partial charge in [-0.15, -0.1) is 11.3 Å². The van der Waals surface area contributed by atoms with Crippen molar-refractivity contribution in [3.63, 3.8) is 0 Å². The molecule has 0 radical (unpaired) electrons. The monoisotopic (exact) mass is 344 g/mol. The molecule has 1 saturated carbocycles. The minimum atomic E-state index is -1.23. The molecule has 0 atom stereocenters. The highest BCUT2D eigenvalue weighted by atomic mass is 32.1. The second kappa shape index (κ2) is 7.79. The number of aryl methyl sites for hydroxylation is 1. The summed E-state index contributed by atoms with van der Waals surface area (Å²) in [5, 5.41) is 13.2. The summed E-state index contributed by atoms with van der Waals surface area (Å²) in [5.74, 6) is 0.310. The van der Waals surface area contributed by atoms with Crippen molar-refractivity contribution in [1.82, 2.24) is 4.98 Å². The van der Waals surface area contributed by atoms with Crippen molar-refractivity contribution in [3.8, 4) is 5.75 Å². The van der Waals surface area contributed by atoms with Crippen molar-refractivity contribution in [2.24, 2.45) is 5.92 Å². The number of rotatable bonds is 6. The molecule has 2 aromatic rings. The molecule has 0 aliphatic heterocycles. The van der Waals surface area contributed by atoms with Crippen LogP contribution in [-0.2, 0) is 6.42 Å². The molecule has 5 heteroatoms. The predicted molar refractivity (Wildman–Crippen MR) is 92.5 cm³/mol. The van der Waals surface area contributed by atoms with Crippen LogP contribution in [0.5, 0.6) is 5.75 Å². The lowest BCUT2D eigenvalue weighted by Crippen LogP contribution is -2.22. The molecule has 1 aromatic heterocycles. The zero-order valence-electron chi connectivity index (χ0n) is 13.9. The molecule has 24 heavy (non-hydrogen) atoms. The van der Waals surface area contributed by atoms with Gasteiger partial charge in [-0.05, 0) is 31.7 Å². The zero-order chi connectivity index (χ0) is 16.9. The standard InChI is InChI=1S/C19H23NO3S/c1-13-7-8-17(23-11-14-5-3-2-4-6-14)15(9-13)10-18-20-16(12-24-18)19(21)22/h7-9,12,14H,2-6,10-11H2,1H3,(H,21,22)/p-1. The summed E-state index contributed by atoms with van der Waals surface area (Å²) in [4.78, 5) is 15.0. The lowest BCUT2D eigenvalue weighted by Gasteiger charge is -2.22. The van der Waals surface area contributed by atoms with Gasteiger partial charge in [0, 0.05) is 17.4 Å². The van der Waals surface area contributed by atoms with Crippen LogP contribution in [0, 0.1) is 12.8 Å². The fourth-order valence-corrected chi connectivity index (χ4v) is 3.98. The van der Waals surface area contributed by atoms with Gasteiger partial charge in [0.25, 0.3) is 0 Å². The van der Waals surface area contributed by atoms with Crippen LogP contribution in [0.1, 0.15) is 58.7 Å². The van der Waals surface area contributed by atoms with E-state index in [9.17, 15) is 9.90 Å². The molecule has 1 aromatic carbocycles. The molecule has 0 saturated heterocycles. The molecule has 1 heterocycles. The van der Waals surface area contributed by atoms with E-state index in [0.29, 0.717) is 12.3 Å². The van der Waals surface area contributed by atoms with E-state index >= 15 is 0 Å². The van der Waals surface area contributed by atoms with Crippen LogP contribution >= 0.6 is 11.3 Å². The zero-order valence-corrected chi connectivity index (χ0v) is 14.7. The van der Waals surface area contributed by atoms with Crippen molar-refractivity contribution >= 4 is 17.3 Å². The van der Waals surface area contributed by atoms with Gasteiger partial charge >= 0.3 is 0 Å². The number of aromatic carboxylic acids is 1. The number of ether oxygens (including phenoxy) is 1. The molecule has 1 fully saturated rings. The Morgan fingerprint density at radius 1 is 1.33 bits per heavy atom. The first-order valence-corrected chi connectivity index (χ1v) is 9.38. The SMILES string of the molecule is Cc1ccc(OCC2CCCCC2)c(Cc2nc(C(=O)[O-])cs2)c1. The van der Waals surface area contributed by atoms with Crippen molar-refractivity contribution in [3.05, 3.63) is 45.4 Å². The summed E-state index contributed by atoms with van der Waals surface area (Å²) in [6.07, 6.45) is 7.04. The van der Waals surface area contributed by atoms with Gasteiger partial charge in [-0.2, -0.15) is 0 Å². The number of carboxylic acid groups (broad SMARTS) is 1. The van der Waals surface area contributed by atoms with Gasteiger partial charge in [-0.25, -0.2) is 4.98 Å². The van der Waals surface area contributed by atoms with Crippen molar-refractivity contribution < 1.29 is 14.6 Å². The molecule has 128 valence electrons. The van der Waals surface area contributed by atoms with E-state index in [4.69, 9.17) is 4.74 Å². The molecule has 0 bridgehead atoms. The van der Waals surface area contributed by atoms with Gasteiger partial charge in [-0.1, -0.05) is 37.0 Å². The molecule has 3 rings (SSSR count). The third kappa shape index (κ3) is 4.35. The molecule has 0 amide bonds. The smallest absolute Gasteiger partial charge is 0.122 e. The normalized spacial score (nSPS) is 15.4. The van der Waals surface area contributed by atoms with E-state index in [0.717, 1.165) is 28.5 Å². The minimum Gasteiger partial charge on any atom is -0.543 e. The maximum atomic E-state index is 10.9. The van der Waals surface area contributed by atoms with Crippen LogP contribution in [0.25, 0.3) is 0 Å². The Morgan fingerprint density at radius 3 is 2.83 bits per heavy atom. The molecule has 4 nitrogen and oxygen atoms in total. The summed E-state index contributed by atoms with van der Waals surface area (Å²) in [7, 11) is 0. The average Bonchev–Trinajstić information content (AvgIpc) is 3.04. The number of thiazole rings is 1. The number of hydrogen-bond donors (Lipinski definition) is 0. The first-order chi connectivity index (χ1) is 11.6. The summed E-state index contributed by atoms with van der Waals surface area (Å²) in [6.45, 7) is 2.81. The second-order valence-corrected chi connectivity index (χ2v) is 7.46. The summed E-state index contributed by atoms with van der Waals surface area (Å²) in [5.41, 5.74) is 2.23. The van der Waals surface area contributed by atoms with Gasteiger partial charge in [-0.3, -0.25) is 0 Å². The lowest BCUT2D eigenvalue weighted by molar-refractivity contribution is -0.255. The van der Waals surface area contributed by atoms with E-state index in [1.54, 1.807) is 0 Å². The third-order valence-corrected chi connectivity index (χ3v) is 5.37. The van der Waals surface area contributed by atoms with Crippen LogP contribution in [0.4, 0.5) is 0 Å². The Balaban J connectivity index is 1.70. The van der Waals surface area contributed by atoms with Crippen LogP contribution in [0.15, 0.2) is 23.6 Å². The van der Waals surface area contributed by atoms with Crippen LogP contribution < -0.4 is 9.84 Å². The first kappa shape index (κ1) is 17.0. The van der Waals surface area contributed by atoms with Gasteiger partial charge in [0.1, 0.15) is 5.75 Å². The van der Waals surface area contributed by atoms with Gasteiger partial charge < -0.3 is 14.6 Å². The molecule has 1 aliphatic rings. The van der Waals surface area contributed by atoms with E-state index < -0.39 is 5.97 Å². The summed E-state index contributed by atoms with van der Waals surface area (Å²) in [6, 6.07) is 6.16. The molecule has 0 N–H and O–H groups in total. The van der Waals surface area contributed by atoms with Gasteiger partial charge in [0.05, 0.1) is 23.3 Å². The van der Waals surface area contributed by atoms with E-state index in [-0.39, 0.29) is 5.69 Å². The van der Waals surface area contributed by atoms with Crippen molar-refractivity contribution in [1.29, 1.82) is 0 Å². The maximum absolute atomic E-state index is 10.9. The molecular weight excluding hydrogens is 322 g/mol. The number of hydrogen-bond acceptors (Lipinski definition) is 5. The number of carbonyl (C=O) groups is 1. The van der Waals surface area contributed by atoms with Crippen LogP contribution in [0.2, 0.25) is 0 Å². The fraction of sp³-hybridized carbons (Fsp3) is 0.474. The highest BCUT2D eigenvalue weighted by Gasteiger charge is 2.15. The number of aromatic nitrogens is 1. The Morgan fingerprint density at radius 2 is 2.12 bits per heavy atom. The van der Waals surface area contributed by atoms with Crippen LogP contribution in [-0.4, -0.2) is 17.6 Å². The molecule has 0 unspecified atom stereocenters. The largest absolute Gasteiger partial charge is 0.543 e. The highest BCUT2D eigenvalue weighted by molar-refractivity contribution is 7.09. The van der Waals surface area contributed by atoms with Crippen LogP contribution in [0.3, 0.4) is 0 Å². The number of nitrogens with zero attached hydrogens (tertiary/aromatic N) is 1. The Hall–Kier alpha value is -1.88. The fourth-order valence-electron chi connectivity index (χ4n) is 3.20. The molecule has 1 aliphatic carbocycles. The number of carboxylic acids is 1. The van der Waals surface area contributed by atoms with E-state index in [1.807, 2.05) is 19.1 Å². The number of carbonyl (C=O) groups excluding carboxylic acids is 1. The Bertz CT molecular complexity index is 704. The Kier molecular flexibility index (Phi) is 5.51. The first-order valence-electron chi connectivity index (χ1n) is 8.50. The predicted octanol–water partition coefficient (Wildman–Crippen LogP) is 3.36. The van der Waals surface area contributed by atoms with Crippen molar-refractivity contribution in [2.75, 3.05) is 6.61 Å². The molecule has 0 spiro atoms. The van der Waals surface area contributed by atoms with Gasteiger partial charge in [0.2, 0.25) is 0 Å². The number of benzene rings is 1.